The Morgan fingerprint density at radius 3 is 2.56 bits per heavy atom. The maximum absolute atomic E-state index is 12.4. The largest absolute Gasteiger partial charge is 0.450 e. The second-order valence-electron chi connectivity index (χ2n) is 7.63. The summed E-state index contributed by atoms with van der Waals surface area (Å²) >= 11 is 0. The van der Waals surface area contributed by atoms with Gasteiger partial charge < -0.3 is 4.74 Å². The maximum atomic E-state index is 12.4. The predicted octanol–water partition coefficient (Wildman–Crippen LogP) is 2.33. The number of ether oxygens (including phenoxy) is 1. The third kappa shape index (κ3) is 0.837. The van der Waals surface area contributed by atoms with Crippen molar-refractivity contribution in [1.29, 1.82) is 0 Å². The number of rotatable bonds is 0. The van der Waals surface area contributed by atoms with Gasteiger partial charge in [-0.3, -0.25) is 9.59 Å². The predicted molar refractivity (Wildman–Crippen MR) is 64.7 cm³/mol. The van der Waals surface area contributed by atoms with Crippen molar-refractivity contribution < 1.29 is 14.3 Å². The van der Waals surface area contributed by atoms with Crippen LogP contribution in [0, 0.1) is 28.6 Å². The summed E-state index contributed by atoms with van der Waals surface area (Å²) in [6, 6.07) is 0. The first-order valence-corrected chi connectivity index (χ1v) is 7.09. The Bertz CT molecular complexity index is 480. The van der Waals surface area contributed by atoms with E-state index in [1.54, 1.807) is 0 Å². The minimum Gasteiger partial charge on any atom is -0.450 e. The van der Waals surface area contributed by atoms with E-state index in [2.05, 4.69) is 13.8 Å². The number of ketones is 1. The molecule has 3 heteroatoms. The number of carbonyl (C=O) groups excluding carboxylic acids is 2. The van der Waals surface area contributed by atoms with Crippen LogP contribution in [-0.4, -0.2) is 17.4 Å². The van der Waals surface area contributed by atoms with E-state index in [4.69, 9.17) is 4.74 Å². The Morgan fingerprint density at radius 1 is 1.11 bits per heavy atom. The SMILES string of the molecule is CC1(C)CC23C4CCC1C2CC(=O)C3(C)OC4=O. The summed E-state index contributed by atoms with van der Waals surface area (Å²) in [5.74, 6) is 1.03. The number of hydrogen-bond acceptors (Lipinski definition) is 3. The molecule has 3 nitrogen and oxygen atoms in total. The molecular formula is C15H20O3. The van der Waals surface area contributed by atoms with Gasteiger partial charge in [-0.15, -0.1) is 0 Å². The van der Waals surface area contributed by atoms with E-state index >= 15 is 0 Å². The molecule has 0 aromatic heterocycles. The Hall–Kier alpha value is -0.860. The van der Waals surface area contributed by atoms with Crippen LogP contribution in [0.15, 0.2) is 0 Å². The highest BCUT2D eigenvalue weighted by molar-refractivity contribution is 5.97. The highest BCUT2D eigenvalue weighted by Crippen LogP contribution is 2.76. The minimum absolute atomic E-state index is 0.0167. The molecule has 1 heterocycles. The van der Waals surface area contributed by atoms with Crippen molar-refractivity contribution >= 4 is 11.8 Å². The van der Waals surface area contributed by atoms with E-state index in [0.29, 0.717) is 18.3 Å². The van der Waals surface area contributed by atoms with Crippen molar-refractivity contribution in [3.8, 4) is 0 Å². The Morgan fingerprint density at radius 2 is 1.83 bits per heavy atom. The van der Waals surface area contributed by atoms with Gasteiger partial charge in [-0.05, 0) is 43.4 Å². The van der Waals surface area contributed by atoms with Crippen molar-refractivity contribution in [1.82, 2.24) is 0 Å². The molecule has 5 unspecified atom stereocenters. The second kappa shape index (κ2) is 2.68. The molecule has 0 aromatic rings. The van der Waals surface area contributed by atoms with Gasteiger partial charge in [-0.25, -0.2) is 0 Å². The van der Waals surface area contributed by atoms with Crippen LogP contribution in [0.25, 0.3) is 0 Å². The summed E-state index contributed by atoms with van der Waals surface area (Å²) in [5.41, 5.74) is -0.741. The van der Waals surface area contributed by atoms with Gasteiger partial charge in [0.25, 0.3) is 0 Å². The summed E-state index contributed by atoms with van der Waals surface area (Å²) in [6.07, 6.45) is 3.62. The maximum Gasteiger partial charge on any atom is 0.310 e. The molecule has 3 aliphatic carbocycles. The second-order valence-corrected chi connectivity index (χ2v) is 7.63. The zero-order valence-corrected chi connectivity index (χ0v) is 11.3. The molecule has 1 spiro atoms. The average molecular weight is 248 g/mol. The molecule has 0 radical (unpaired) electrons. The van der Waals surface area contributed by atoms with Crippen LogP contribution in [0.1, 0.15) is 46.5 Å². The van der Waals surface area contributed by atoms with Crippen LogP contribution in [-0.2, 0) is 14.3 Å². The number of carbonyl (C=O) groups is 2. The van der Waals surface area contributed by atoms with E-state index in [0.717, 1.165) is 19.3 Å². The van der Waals surface area contributed by atoms with Crippen molar-refractivity contribution in [2.24, 2.45) is 28.6 Å². The van der Waals surface area contributed by atoms with Crippen LogP contribution >= 0.6 is 0 Å². The summed E-state index contributed by atoms with van der Waals surface area (Å²) in [5, 5.41) is 0. The molecule has 1 saturated heterocycles. The number of esters is 1. The summed E-state index contributed by atoms with van der Waals surface area (Å²) in [7, 11) is 0. The standard InChI is InChI=1S/C15H20O3/c1-13(2)7-15-9-5-4-8(13)10(15)6-11(16)14(15,3)18-12(9)17/h8-10H,4-7H2,1-3H3. The Labute approximate surface area is 107 Å². The fraction of sp³-hybridized carbons (Fsp3) is 0.867. The fourth-order valence-corrected chi connectivity index (χ4v) is 6.08. The molecular weight excluding hydrogens is 228 g/mol. The van der Waals surface area contributed by atoms with E-state index in [-0.39, 0.29) is 28.5 Å². The molecule has 0 N–H and O–H groups in total. The van der Waals surface area contributed by atoms with E-state index < -0.39 is 5.60 Å². The van der Waals surface area contributed by atoms with Crippen LogP contribution in [0.3, 0.4) is 0 Å². The molecule has 2 bridgehead atoms. The quantitative estimate of drug-likeness (QED) is 0.618. The monoisotopic (exact) mass is 248 g/mol. The molecule has 4 aliphatic rings. The molecule has 0 aromatic carbocycles. The molecule has 3 saturated carbocycles. The molecule has 5 atom stereocenters. The van der Waals surface area contributed by atoms with Crippen LogP contribution in [0.4, 0.5) is 0 Å². The molecule has 98 valence electrons. The third-order valence-corrected chi connectivity index (χ3v) is 6.70. The number of Topliss-reactive ketones (excluding diaryl/α,β-unsaturated/α-hetero) is 1. The first-order valence-electron chi connectivity index (χ1n) is 7.09. The molecule has 1 aliphatic heterocycles. The van der Waals surface area contributed by atoms with Crippen LogP contribution < -0.4 is 0 Å². The lowest BCUT2D eigenvalue weighted by Crippen LogP contribution is -2.47. The molecule has 4 fully saturated rings. The van der Waals surface area contributed by atoms with E-state index in [1.165, 1.54) is 0 Å². The van der Waals surface area contributed by atoms with Gasteiger partial charge >= 0.3 is 5.97 Å². The first kappa shape index (κ1) is 11.0. The lowest BCUT2D eigenvalue weighted by atomic mass is 9.59. The Balaban J connectivity index is 1.97. The zero-order chi connectivity index (χ0) is 12.9. The fourth-order valence-electron chi connectivity index (χ4n) is 6.08. The van der Waals surface area contributed by atoms with E-state index in [1.807, 2.05) is 6.92 Å². The highest BCUT2D eigenvalue weighted by Gasteiger charge is 2.80. The molecule has 4 rings (SSSR count). The highest BCUT2D eigenvalue weighted by atomic mass is 16.6. The van der Waals surface area contributed by atoms with Gasteiger partial charge in [-0.1, -0.05) is 13.8 Å². The molecule has 18 heavy (non-hydrogen) atoms. The van der Waals surface area contributed by atoms with Crippen LogP contribution in [0.2, 0.25) is 0 Å². The van der Waals surface area contributed by atoms with Crippen molar-refractivity contribution in [2.75, 3.05) is 0 Å². The summed E-state index contributed by atoms with van der Waals surface area (Å²) < 4.78 is 5.62. The van der Waals surface area contributed by atoms with Crippen molar-refractivity contribution in [2.45, 2.75) is 52.1 Å². The van der Waals surface area contributed by atoms with Crippen molar-refractivity contribution in [3.63, 3.8) is 0 Å². The summed E-state index contributed by atoms with van der Waals surface area (Å²) in [4.78, 5) is 24.6. The van der Waals surface area contributed by atoms with Gasteiger partial charge in [0.15, 0.2) is 11.4 Å². The smallest absolute Gasteiger partial charge is 0.310 e. The summed E-state index contributed by atoms with van der Waals surface area (Å²) in [6.45, 7) is 6.50. The topological polar surface area (TPSA) is 43.4 Å². The molecule has 0 amide bonds. The van der Waals surface area contributed by atoms with Gasteiger partial charge in [0.2, 0.25) is 0 Å². The van der Waals surface area contributed by atoms with Gasteiger partial charge in [-0.2, -0.15) is 0 Å². The Kier molecular flexibility index (Phi) is 1.64. The minimum atomic E-state index is -0.814. The van der Waals surface area contributed by atoms with E-state index in [9.17, 15) is 9.59 Å². The van der Waals surface area contributed by atoms with Gasteiger partial charge in [0, 0.05) is 11.8 Å². The van der Waals surface area contributed by atoms with Gasteiger partial charge in [0.05, 0.1) is 5.92 Å². The first-order chi connectivity index (χ1) is 8.33. The van der Waals surface area contributed by atoms with Crippen molar-refractivity contribution in [3.05, 3.63) is 0 Å². The average Bonchev–Trinajstić information content (AvgIpc) is 2.66. The lowest BCUT2D eigenvalue weighted by molar-refractivity contribution is -0.158. The normalized spacial score (nSPS) is 55.6. The number of hydrogen-bond donors (Lipinski definition) is 0. The van der Waals surface area contributed by atoms with Crippen LogP contribution in [0.5, 0.6) is 0 Å². The lowest BCUT2D eigenvalue weighted by Gasteiger charge is -2.40. The van der Waals surface area contributed by atoms with Gasteiger partial charge in [0.1, 0.15) is 0 Å². The zero-order valence-electron chi connectivity index (χ0n) is 11.3. The third-order valence-electron chi connectivity index (χ3n) is 6.70.